The zero-order valence-electron chi connectivity index (χ0n) is 12.8. The van der Waals surface area contributed by atoms with Crippen molar-refractivity contribution in [3.63, 3.8) is 0 Å². The minimum Gasteiger partial charge on any atom is -0.444 e. The Morgan fingerprint density at radius 3 is 2.46 bits per heavy atom. The highest BCUT2D eigenvalue weighted by Gasteiger charge is 2.50. The number of ether oxygens (including phenoxy) is 2. The summed E-state index contributed by atoms with van der Waals surface area (Å²) in [6.45, 7) is 1.31. The summed E-state index contributed by atoms with van der Waals surface area (Å²) in [7, 11) is -5.92. The molecule has 0 saturated carbocycles. The molecule has 26 heavy (non-hydrogen) atoms. The van der Waals surface area contributed by atoms with Gasteiger partial charge in [0.15, 0.2) is 11.5 Å². The zero-order valence-corrected chi connectivity index (χ0v) is 14.4. The van der Waals surface area contributed by atoms with Gasteiger partial charge in [0.25, 0.3) is 5.79 Å². The topological polar surface area (TPSA) is 61.8 Å². The van der Waals surface area contributed by atoms with Gasteiger partial charge in [0.2, 0.25) is 5.75 Å². The van der Waals surface area contributed by atoms with Gasteiger partial charge < -0.3 is 13.7 Å². The second-order valence-electron chi connectivity index (χ2n) is 5.34. The molecule has 0 saturated heterocycles. The molecule has 140 valence electrons. The molecule has 1 unspecified atom stereocenters. The summed E-state index contributed by atoms with van der Waals surface area (Å²) in [5, 5.41) is 0.116. The van der Waals surface area contributed by atoms with E-state index in [1.165, 1.54) is 31.2 Å². The van der Waals surface area contributed by atoms with E-state index in [4.69, 9.17) is 21.1 Å². The van der Waals surface area contributed by atoms with Gasteiger partial charge in [0.05, 0.1) is 5.56 Å². The molecule has 0 fully saturated rings. The molecule has 2 aromatic rings. The van der Waals surface area contributed by atoms with Crippen LogP contribution in [-0.4, -0.2) is 13.9 Å². The Kier molecular flexibility index (Phi) is 4.23. The van der Waals surface area contributed by atoms with Crippen molar-refractivity contribution in [2.75, 3.05) is 0 Å². The first-order chi connectivity index (χ1) is 11.9. The smallest absolute Gasteiger partial charge is 0.444 e. The van der Waals surface area contributed by atoms with Crippen molar-refractivity contribution >= 4 is 21.7 Å². The third-order valence-corrected chi connectivity index (χ3v) is 4.65. The normalized spacial score (nSPS) is 19.5. The number of alkyl halides is 3. The summed E-state index contributed by atoms with van der Waals surface area (Å²) in [6, 6.07) is 7.11. The van der Waals surface area contributed by atoms with Gasteiger partial charge >= 0.3 is 15.6 Å². The van der Waals surface area contributed by atoms with Crippen LogP contribution in [0.2, 0.25) is 5.02 Å². The number of fused-ring (bicyclic) bond motifs is 1. The van der Waals surface area contributed by atoms with Gasteiger partial charge in [-0.25, -0.2) is 4.39 Å². The van der Waals surface area contributed by atoms with Crippen LogP contribution in [0.25, 0.3) is 0 Å². The summed E-state index contributed by atoms with van der Waals surface area (Å²) in [5.74, 6) is -3.80. The molecule has 11 heteroatoms. The molecule has 0 radical (unpaired) electrons. The summed E-state index contributed by atoms with van der Waals surface area (Å²) < 4.78 is 89.2. The highest BCUT2D eigenvalue weighted by molar-refractivity contribution is 7.88. The van der Waals surface area contributed by atoms with Crippen molar-refractivity contribution in [3.8, 4) is 17.2 Å². The van der Waals surface area contributed by atoms with E-state index in [0.29, 0.717) is 0 Å². The maximum atomic E-state index is 14.2. The molecule has 1 aliphatic heterocycles. The van der Waals surface area contributed by atoms with Crippen LogP contribution in [0.15, 0.2) is 36.4 Å². The second kappa shape index (κ2) is 5.92. The lowest BCUT2D eigenvalue weighted by Gasteiger charge is -2.24. The molecule has 0 amide bonds. The SMILES string of the molecule is CC1(c2ccc(Cl)cc2F)Oc2cccc(OS(=O)(=O)C(F)(F)F)c2O1. The minimum atomic E-state index is -5.92. The standard InChI is InChI=1S/C15H9ClF4O5S/c1-14(9-6-5-8(16)7-10(9)17)23-11-3-2-4-12(13(11)24-14)25-26(21,22)15(18,19)20/h2-7H,1H3. The lowest BCUT2D eigenvalue weighted by atomic mass is 10.1. The van der Waals surface area contributed by atoms with E-state index in [9.17, 15) is 26.0 Å². The molecule has 5 nitrogen and oxygen atoms in total. The molecule has 1 atom stereocenters. The van der Waals surface area contributed by atoms with E-state index < -0.39 is 38.7 Å². The molecule has 0 N–H and O–H groups in total. The Morgan fingerprint density at radius 1 is 1.15 bits per heavy atom. The average molecular weight is 413 g/mol. The quantitative estimate of drug-likeness (QED) is 0.426. The van der Waals surface area contributed by atoms with Crippen molar-refractivity contribution in [2.45, 2.75) is 18.2 Å². The number of halogens is 5. The molecule has 0 bridgehead atoms. The van der Waals surface area contributed by atoms with Crippen LogP contribution in [-0.2, 0) is 15.9 Å². The molecular weight excluding hydrogens is 404 g/mol. The lowest BCUT2D eigenvalue weighted by molar-refractivity contribution is -0.0714. The van der Waals surface area contributed by atoms with Gasteiger partial charge in [-0.1, -0.05) is 17.7 Å². The molecule has 1 aliphatic rings. The van der Waals surface area contributed by atoms with Crippen LogP contribution in [0.3, 0.4) is 0 Å². The first-order valence-corrected chi connectivity index (χ1v) is 8.69. The maximum absolute atomic E-state index is 14.2. The Balaban J connectivity index is 1.99. The molecule has 2 aromatic carbocycles. The second-order valence-corrected chi connectivity index (χ2v) is 7.31. The van der Waals surface area contributed by atoms with Crippen molar-refractivity contribution in [3.05, 3.63) is 52.8 Å². The van der Waals surface area contributed by atoms with E-state index in [2.05, 4.69) is 4.18 Å². The van der Waals surface area contributed by atoms with Crippen LogP contribution in [0, 0.1) is 5.82 Å². The first-order valence-electron chi connectivity index (χ1n) is 6.90. The number of hydrogen-bond acceptors (Lipinski definition) is 5. The third-order valence-electron chi connectivity index (χ3n) is 3.45. The fourth-order valence-electron chi connectivity index (χ4n) is 2.30. The van der Waals surface area contributed by atoms with E-state index >= 15 is 0 Å². The molecule has 0 spiro atoms. The van der Waals surface area contributed by atoms with Gasteiger partial charge in [-0.05, 0) is 30.3 Å². The van der Waals surface area contributed by atoms with Crippen LogP contribution >= 0.6 is 11.6 Å². The zero-order chi connectivity index (χ0) is 19.3. The van der Waals surface area contributed by atoms with Crippen molar-refractivity contribution in [1.29, 1.82) is 0 Å². The van der Waals surface area contributed by atoms with Crippen molar-refractivity contribution in [1.82, 2.24) is 0 Å². The van der Waals surface area contributed by atoms with Crippen molar-refractivity contribution < 1.29 is 39.6 Å². The fourth-order valence-corrected chi connectivity index (χ4v) is 2.92. The molecular formula is C15H9ClF4O5S. The predicted octanol–water partition coefficient (Wildman–Crippen LogP) is 4.35. The summed E-state index contributed by atoms with van der Waals surface area (Å²) in [4.78, 5) is 0. The summed E-state index contributed by atoms with van der Waals surface area (Å²) >= 11 is 5.68. The van der Waals surface area contributed by atoms with Crippen LogP contribution in [0.1, 0.15) is 12.5 Å². The van der Waals surface area contributed by atoms with E-state index in [1.807, 2.05) is 0 Å². The third kappa shape index (κ3) is 3.14. The lowest BCUT2D eigenvalue weighted by Crippen LogP contribution is -2.33. The molecule has 3 rings (SSSR count). The first kappa shape index (κ1) is 18.6. The predicted molar refractivity (Wildman–Crippen MR) is 82.1 cm³/mol. The molecule has 0 aliphatic carbocycles. The van der Waals surface area contributed by atoms with Gasteiger partial charge in [0.1, 0.15) is 5.82 Å². The fraction of sp³-hybridized carbons (Fsp3) is 0.200. The van der Waals surface area contributed by atoms with E-state index in [-0.39, 0.29) is 16.3 Å². The van der Waals surface area contributed by atoms with Gasteiger partial charge in [-0.15, -0.1) is 0 Å². The number of para-hydroxylation sites is 1. The Bertz CT molecular complexity index is 976. The largest absolute Gasteiger partial charge is 0.534 e. The highest BCUT2D eigenvalue weighted by atomic mass is 35.5. The van der Waals surface area contributed by atoms with Gasteiger partial charge in [0, 0.05) is 11.9 Å². The maximum Gasteiger partial charge on any atom is 0.534 e. The minimum absolute atomic E-state index is 0.0947. The highest BCUT2D eigenvalue weighted by Crippen LogP contribution is 2.50. The number of benzene rings is 2. The molecule has 1 heterocycles. The van der Waals surface area contributed by atoms with E-state index in [1.54, 1.807) is 0 Å². The van der Waals surface area contributed by atoms with E-state index in [0.717, 1.165) is 12.1 Å². The Hall–Kier alpha value is -2.20. The Labute approximate surface area is 150 Å². The number of hydrogen-bond donors (Lipinski definition) is 0. The van der Waals surface area contributed by atoms with Crippen LogP contribution < -0.4 is 13.7 Å². The number of rotatable bonds is 3. The van der Waals surface area contributed by atoms with Crippen molar-refractivity contribution in [2.24, 2.45) is 0 Å². The van der Waals surface area contributed by atoms with Gasteiger partial charge in [-0.3, -0.25) is 0 Å². The van der Waals surface area contributed by atoms with Gasteiger partial charge in [-0.2, -0.15) is 21.6 Å². The average Bonchev–Trinajstić information content (AvgIpc) is 2.84. The van der Waals surface area contributed by atoms with Crippen LogP contribution in [0.4, 0.5) is 17.6 Å². The van der Waals surface area contributed by atoms with Crippen LogP contribution in [0.5, 0.6) is 17.2 Å². The summed E-state index contributed by atoms with van der Waals surface area (Å²) in [6.07, 6.45) is 0. The monoisotopic (exact) mass is 412 g/mol. The molecule has 0 aromatic heterocycles. The Morgan fingerprint density at radius 2 is 1.85 bits per heavy atom. The summed E-state index contributed by atoms with van der Waals surface area (Å²) in [5.41, 5.74) is -5.72.